The van der Waals surface area contributed by atoms with E-state index in [1.54, 1.807) is 0 Å². The fourth-order valence-corrected chi connectivity index (χ4v) is 2.99. The predicted molar refractivity (Wildman–Crippen MR) is 87.5 cm³/mol. The van der Waals surface area contributed by atoms with Crippen LogP contribution >= 0.6 is 11.6 Å². The van der Waals surface area contributed by atoms with Gasteiger partial charge < -0.3 is 10.3 Å². The van der Waals surface area contributed by atoms with Crippen LogP contribution in [0.5, 0.6) is 0 Å². The van der Waals surface area contributed by atoms with Crippen LogP contribution in [0.1, 0.15) is 24.4 Å². The first kappa shape index (κ1) is 14.1. The van der Waals surface area contributed by atoms with Crippen LogP contribution in [0.4, 0.5) is 0 Å². The SMILES string of the molecule is CCn1c(C(N)Cc2ccccc2)nc2cccc(Cl)c21. The number of para-hydroxylation sites is 1. The molecular formula is C17H18ClN3. The maximum Gasteiger partial charge on any atom is 0.127 e. The number of rotatable bonds is 4. The molecule has 0 bridgehead atoms. The number of fused-ring (bicyclic) bond motifs is 1. The summed E-state index contributed by atoms with van der Waals surface area (Å²) in [6.45, 7) is 2.89. The first-order valence-electron chi connectivity index (χ1n) is 7.15. The maximum atomic E-state index is 6.39. The summed E-state index contributed by atoms with van der Waals surface area (Å²) in [6, 6.07) is 15.9. The zero-order valence-electron chi connectivity index (χ0n) is 12.0. The first-order chi connectivity index (χ1) is 10.2. The zero-order chi connectivity index (χ0) is 14.8. The van der Waals surface area contributed by atoms with Crippen molar-refractivity contribution in [1.29, 1.82) is 0 Å². The summed E-state index contributed by atoms with van der Waals surface area (Å²) in [5.74, 6) is 0.893. The molecule has 0 saturated heterocycles. The lowest BCUT2D eigenvalue weighted by Gasteiger charge is -2.13. The van der Waals surface area contributed by atoms with Gasteiger partial charge in [0.25, 0.3) is 0 Å². The molecule has 21 heavy (non-hydrogen) atoms. The molecule has 0 fully saturated rings. The van der Waals surface area contributed by atoms with Gasteiger partial charge in [0.2, 0.25) is 0 Å². The maximum absolute atomic E-state index is 6.39. The van der Waals surface area contributed by atoms with Gasteiger partial charge in [0.05, 0.1) is 22.1 Å². The quantitative estimate of drug-likeness (QED) is 0.792. The van der Waals surface area contributed by atoms with E-state index in [-0.39, 0.29) is 6.04 Å². The second-order valence-electron chi connectivity index (χ2n) is 5.12. The van der Waals surface area contributed by atoms with Crippen LogP contribution in [-0.4, -0.2) is 9.55 Å². The van der Waals surface area contributed by atoms with Crippen molar-refractivity contribution in [2.45, 2.75) is 25.9 Å². The van der Waals surface area contributed by atoms with Gasteiger partial charge >= 0.3 is 0 Å². The van der Waals surface area contributed by atoms with E-state index in [1.807, 2.05) is 36.4 Å². The number of nitrogens with zero attached hydrogens (tertiary/aromatic N) is 2. The standard InChI is InChI=1S/C17H18ClN3/c1-2-21-16-13(18)9-6-10-15(16)20-17(21)14(19)11-12-7-4-3-5-8-12/h3-10,14H,2,11,19H2,1H3. The van der Waals surface area contributed by atoms with Crippen LogP contribution in [0.3, 0.4) is 0 Å². The molecule has 0 saturated carbocycles. The summed E-state index contributed by atoms with van der Waals surface area (Å²) < 4.78 is 2.12. The highest BCUT2D eigenvalue weighted by Crippen LogP contribution is 2.27. The molecule has 3 nitrogen and oxygen atoms in total. The summed E-state index contributed by atoms with van der Waals surface area (Å²) >= 11 is 6.32. The topological polar surface area (TPSA) is 43.8 Å². The number of hydrogen-bond donors (Lipinski definition) is 1. The number of nitrogens with two attached hydrogens (primary N) is 1. The third kappa shape index (κ3) is 2.67. The van der Waals surface area contributed by atoms with Crippen LogP contribution in [0.2, 0.25) is 5.02 Å². The van der Waals surface area contributed by atoms with E-state index in [1.165, 1.54) is 5.56 Å². The highest BCUT2D eigenvalue weighted by molar-refractivity contribution is 6.35. The van der Waals surface area contributed by atoms with Gasteiger partial charge in [0.15, 0.2) is 0 Å². The molecule has 1 aromatic heterocycles. The minimum Gasteiger partial charge on any atom is -0.326 e. The molecule has 1 unspecified atom stereocenters. The number of halogens is 1. The molecule has 0 spiro atoms. The number of hydrogen-bond acceptors (Lipinski definition) is 2. The first-order valence-corrected chi connectivity index (χ1v) is 7.52. The molecule has 3 rings (SSSR count). The lowest BCUT2D eigenvalue weighted by atomic mass is 10.1. The lowest BCUT2D eigenvalue weighted by molar-refractivity contribution is 0.609. The number of aryl methyl sites for hydroxylation is 1. The Kier molecular flexibility index (Phi) is 3.95. The Morgan fingerprint density at radius 3 is 2.62 bits per heavy atom. The molecule has 108 valence electrons. The number of imidazole rings is 1. The summed E-state index contributed by atoms with van der Waals surface area (Å²) in [5.41, 5.74) is 9.48. The molecule has 0 aliphatic carbocycles. The van der Waals surface area contributed by atoms with Crippen molar-refractivity contribution in [3.63, 3.8) is 0 Å². The summed E-state index contributed by atoms with van der Waals surface area (Å²) in [4.78, 5) is 4.69. The van der Waals surface area contributed by atoms with E-state index >= 15 is 0 Å². The molecule has 1 heterocycles. The highest BCUT2D eigenvalue weighted by atomic mass is 35.5. The molecule has 3 aromatic rings. The molecule has 0 aliphatic heterocycles. The van der Waals surface area contributed by atoms with E-state index < -0.39 is 0 Å². The minimum atomic E-state index is -0.143. The van der Waals surface area contributed by atoms with Crippen LogP contribution in [0, 0.1) is 0 Å². The van der Waals surface area contributed by atoms with Crippen LogP contribution in [0.15, 0.2) is 48.5 Å². The van der Waals surface area contributed by atoms with Crippen molar-refractivity contribution in [3.8, 4) is 0 Å². The fourth-order valence-electron chi connectivity index (χ4n) is 2.72. The molecule has 2 N–H and O–H groups in total. The third-order valence-electron chi connectivity index (χ3n) is 3.69. The Labute approximate surface area is 129 Å². The van der Waals surface area contributed by atoms with Crippen LogP contribution < -0.4 is 5.73 Å². The Hall–Kier alpha value is -1.84. The molecule has 0 radical (unpaired) electrons. The van der Waals surface area contributed by atoms with Crippen LogP contribution in [0.25, 0.3) is 11.0 Å². The Bertz CT molecular complexity index is 749. The molecular weight excluding hydrogens is 282 g/mol. The van der Waals surface area contributed by atoms with Crippen molar-refractivity contribution in [2.75, 3.05) is 0 Å². The van der Waals surface area contributed by atoms with E-state index in [9.17, 15) is 0 Å². The lowest BCUT2D eigenvalue weighted by Crippen LogP contribution is -2.18. The average molecular weight is 300 g/mol. The minimum absolute atomic E-state index is 0.143. The number of benzene rings is 2. The average Bonchev–Trinajstić information content (AvgIpc) is 2.88. The van der Waals surface area contributed by atoms with E-state index in [0.29, 0.717) is 0 Å². The third-order valence-corrected chi connectivity index (χ3v) is 4.00. The Balaban J connectivity index is 2.01. The normalized spacial score (nSPS) is 12.7. The van der Waals surface area contributed by atoms with Crippen molar-refractivity contribution in [1.82, 2.24) is 9.55 Å². The monoisotopic (exact) mass is 299 g/mol. The van der Waals surface area contributed by atoms with Crippen LogP contribution in [-0.2, 0) is 13.0 Å². The molecule has 1 atom stereocenters. The van der Waals surface area contributed by atoms with Gasteiger partial charge in [-0.15, -0.1) is 0 Å². The van der Waals surface area contributed by atoms with Gasteiger partial charge in [-0.2, -0.15) is 0 Å². The summed E-state index contributed by atoms with van der Waals surface area (Å²) in [6.07, 6.45) is 0.766. The fraction of sp³-hybridized carbons (Fsp3) is 0.235. The van der Waals surface area contributed by atoms with Gasteiger partial charge in [-0.1, -0.05) is 48.0 Å². The second-order valence-corrected chi connectivity index (χ2v) is 5.53. The molecule has 4 heteroatoms. The Morgan fingerprint density at radius 2 is 1.90 bits per heavy atom. The van der Waals surface area contributed by atoms with E-state index in [2.05, 4.69) is 23.6 Å². The van der Waals surface area contributed by atoms with Gasteiger partial charge in [-0.05, 0) is 31.0 Å². The van der Waals surface area contributed by atoms with Gasteiger partial charge in [-0.25, -0.2) is 4.98 Å². The molecule has 0 aliphatic rings. The summed E-state index contributed by atoms with van der Waals surface area (Å²) in [5, 5.41) is 0.722. The van der Waals surface area contributed by atoms with E-state index in [4.69, 9.17) is 22.3 Å². The Morgan fingerprint density at radius 1 is 1.14 bits per heavy atom. The van der Waals surface area contributed by atoms with Gasteiger partial charge in [-0.3, -0.25) is 0 Å². The van der Waals surface area contributed by atoms with Crippen molar-refractivity contribution < 1.29 is 0 Å². The summed E-state index contributed by atoms with van der Waals surface area (Å²) in [7, 11) is 0. The largest absolute Gasteiger partial charge is 0.326 e. The molecule has 2 aromatic carbocycles. The molecule has 0 amide bonds. The van der Waals surface area contributed by atoms with Crippen molar-refractivity contribution >= 4 is 22.6 Å². The van der Waals surface area contributed by atoms with Gasteiger partial charge in [0, 0.05) is 6.54 Å². The zero-order valence-corrected chi connectivity index (χ0v) is 12.7. The van der Waals surface area contributed by atoms with Crippen molar-refractivity contribution in [3.05, 3.63) is 64.9 Å². The second kappa shape index (κ2) is 5.88. The highest BCUT2D eigenvalue weighted by Gasteiger charge is 2.18. The van der Waals surface area contributed by atoms with Gasteiger partial charge in [0.1, 0.15) is 5.82 Å². The number of aromatic nitrogens is 2. The van der Waals surface area contributed by atoms with E-state index in [0.717, 1.165) is 34.8 Å². The predicted octanol–water partition coefficient (Wildman–Crippen LogP) is 3.95. The van der Waals surface area contributed by atoms with Crippen molar-refractivity contribution in [2.24, 2.45) is 5.73 Å². The smallest absolute Gasteiger partial charge is 0.127 e.